The molecule has 0 aliphatic carbocycles. The Kier molecular flexibility index (Phi) is 4.55. The van der Waals surface area contributed by atoms with Gasteiger partial charge in [-0.15, -0.1) is 0 Å². The van der Waals surface area contributed by atoms with Crippen molar-refractivity contribution in [3.05, 3.63) is 60.2 Å². The average molecular weight is 308 g/mol. The number of hydrogen-bond donors (Lipinski definition) is 3. The lowest BCUT2D eigenvalue weighted by molar-refractivity contribution is 0.105. The molecule has 2 aromatic carbocycles. The molecule has 0 radical (unpaired) electrons. The number of benzene rings is 2. The number of fused-ring (bicyclic) bond motifs is 1. The second-order valence-corrected chi connectivity index (χ2v) is 5.66. The maximum Gasteiger partial charge on any atom is 0.0942 e. The van der Waals surface area contributed by atoms with Crippen LogP contribution in [0.5, 0.6) is 0 Å². The summed E-state index contributed by atoms with van der Waals surface area (Å²) < 4.78 is 0. The Morgan fingerprint density at radius 1 is 1.09 bits per heavy atom. The van der Waals surface area contributed by atoms with Gasteiger partial charge in [0.15, 0.2) is 0 Å². The fraction of sp³-hybridized carbons (Fsp3) is 0.211. The van der Waals surface area contributed by atoms with Gasteiger partial charge in [-0.1, -0.05) is 48.0 Å². The predicted octanol–water partition coefficient (Wildman–Crippen LogP) is 2.98. The molecule has 0 amide bonds. The summed E-state index contributed by atoms with van der Waals surface area (Å²) in [7, 11) is 0. The van der Waals surface area contributed by atoms with Crippen LogP contribution < -0.4 is 5.32 Å². The number of aryl methyl sites for hydroxylation is 1. The number of para-hydroxylation sites is 1. The number of pyridine rings is 1. The summed E-state index contributed by atoms with van der Waals surface area (Å²) >= 11 is 0. The van der Waals surface area contributed by atoms with Crippen molar-refractivity contribution in [1.82, 2.24) is 4.98 Å². The first kappa shape index (κ1) is 15.5. The number of rotatable bonds is 5. The Morgan fingerprint density at radius 3 is 2.57 bits per heavy atom. The van der Waals surface area contributed by atoms with E-state index < -0.39 is 6.10 Å². The van der Waals surface area contributed by atoms with E-state index in [1.807, 2.05) is 30.3 Å². The van der Waals surface area contributed by atoms with Crippen LogP contribution in [-0.4, -0.2) is 34.5 Å². The van der Waals surface area contributed by atoms with Crippen LogP contribution in [0.4, 0.5) is 5.69 Å². The van der Waals surface area contributed by atoms with E-state index in [2.05, 4.69) is 36.5 Å². The van der Waals surface area contributed by atoms with Gasteiger partial charge in [0.25, 0.3) is 0 Å². The smallest absolute Gasteiger partial charge is 0.0942 e. The molecule has 118 valence electrons. The third-order valence-electron chi connectivity index (χ3n) is 3.80. The molecule has 1 unspecified atom stereocenters. The van der Waals surface area contributed by atoms with E-state index in [0.717, 1.165) is 27.8 Å². The third kappa shape index (κ3) is 3.50. The number of aliphatic hydroxyl groups excluding tert-OH is 2. The maximum absolute atomic E-state index is 9.58. The van der Waals surface area contributed by atoms with E-state index >= 15 is 0 Å². The van der Waals surface area contributed by atoms with Crippen LogP contribution in [0.3, 0.4) is 0 Å². The predicted molar refractivity (Wildman–Crippen MR) is 93.5 cm³/mol. The molecule has 0 fully saturated rings. The Labute approximate surface area is 135 Å². The lowest BCUT2D eigenvalue weighted by atomic mass is 10.1. The van der Waals surface area contributed by atoms with Gasteiger partial charge in [-0.3, -0.25) is 0 Å². The highest BCUT2D eigenvalue weighted by Gasteiger charge is 2.09. The minimum absolute atomic E-state index is 0.263. The lowest BCUT2D eigenvalue weighted by Crippen LogP contribution is -2.23. The summed E-state index contributed by atoms with van der Waals surface area (Å²) in [5.41, 5.74) is 4.93. The van der Waals surface area contributed by atoms with Gasteiger partial charge in [0.1, 0.15) is 0 Å². The Balaban J connectivity index is 2.04. The van der Waals surface area contributed by atoms with Gasteiger partial charge in [0.2, 0.25) is 0 Å². The summed E-state index contributed by atoms with van der Waals surface area (Å²) in [6.07, 6.45) is -0.787. The number of nitrogens with one attached hydrogen (secondary N) is 1. The highest BCUT2D eigenvalue weighted by Crippen LogP contribution is 2.28. The molecule has 1 atom stereocenters. The zero-order valence-electron chi connectivity index (χ0n) is 13.0. The van der Waals surface area contributed by atoms with Crippen molar-refractivity contribution >= 4 is 16.6 Å². The fourth-order valence-electron chi connectivity index (χ4n) is 2.49. The van der Waals surface area contributed by atoms with E-state index in [-0.39, 0.29) is 13.2 Å². The standard InChI is InChI=1S/C19H20N2O2/c1-13-6-8-14(9-7-13)18-10-19(20-11-15(23)12-22)16-4-2-3-5-17(16)21-18/h2-10,15,22-23H,11-12H2,1H3,(H,20,21). The molecule has 23 heavy (non-hydrogen) atoms. The van der Waals surface area contributed by atoms with Crippen molar-refractivity contribution in [3.63, 3.8) is 0 Å². The summed E-state index contributed by atoms with van der Waals surface area (Å²) in [5, 5.41) is 22.8. The van der Waals surface area contributed by atoms with Crippen LogP contribution in [0.15, 0.2) is 54.6 Å². The average Bonchev–Trinajstić information content (AvgIpc) is 2.59. The summed E-state index contributed by atoms with van der Waals surface area (Å²) in [5.74, 6) is 0. The highest BCUT2D eigenvalue weighted by molar-refractivity contribution is 5.93. The summed E-state index contributed by atoms with van der Waals surface area (Å²) in [4.78, 5) is 4.73. The molecule has 1 aromatic heterocycles. The van der Waals surface area contributed by atoms with Gasteiger partial charge in [-0.05, 0) is 19.1 Å². The molecule has 3 rings (SSSR count). The minimum atomic E-state index is -0.787. The number of aliphatic hydroxyl groups is 2. The first-order valence-electron chi connectivity index (χ1n) is 7.67. The van der Waals surface area contributed by atoms with Gasteiger partial charge >= 0.3 is 0 Å². The topological polar surface area (TPSA) is 65.4 Å². The van der Waals surface area contributed by atoms with Gasteiger partial charge in [0, 0.05) is 23.2 Å². The van der Waals surface area contributed by atoms with Crippen LogP contribution in [0.1, 0.15) is 5.56 Å². The highest BCUT2D eigenvalue weighted by atomic mass is 16.3. The number of aromatic nitrogens is 1. The zero-order valence-corrected chi connectivity index (χ0v) is 13.0. The van der Waals surface area contributed by atoms with Crippen LogP contribution in [0.25, 0.3) is 22.2 Å². The number of hydrogen-bond acceptors (Lipinski definition) is 4. The van der Waals surface area contributed by atoms with Crippen LogP contribution in [0.2, 0.25) is 0 Å². The monoisotopic (exact) mass is 308 g/mol. The van der Waals surface area contributed by atoms with E-state index in [4.69, 9.17) is 10.1 Å². The first-order valence-corrected chi connectivity index (χ1v) is 7.67. The normalized spacial score (nSPS) is 12.3. The lowest BCUT2D eigenvalue weighted by Gasteiger charge is -2.14. The van der Waals surface area contributed by atoms with Crippen molar-refractivity contribution in [2.24, 2.45) is 0 Å². The van der Waals surface area contributed by atoms with Crippen LogP contribution >= 0.6 is 0 Å². The van der Waals surface area contributed by atoms with Gasteiger partial charge in [0.05, 0.1) is 23.9 Å². The van der Waals surface area contributed by atoms with Crippen molar-refractivity contribution in [2.45, 2.75) is 13.0 Å². The Bertz CT molecular complexity index is 800. The molecular formula is C19H20N2O2. The van der Waals surface area contributed by atoms with Gasteiger partial charge < -0.3 is 15.5 Å². The second kappa shape index (κ2) is 6.77. The first-order chi connectivity index (χ1) is 11.2. The third-order valence-corrected chi connectivity index (χ3v) is 3.80. The molecule has 0 saturated heterocycles. The second-order valence-electron chi connectivity index (χ2n) is 5.66. The maximum atomic E-state index is 9.58. The van der Waals surface area contributed by atoms with Crippen LogP contribution in [-0.2, 0) is 0 Å². The fourth-order valence-corrected chi connectivity index (χ4v) is 2.49. The minimum Gasteiger partial charge on any atom is -0.394 e. The molecular weight excluding hydrogens is 288 g/mol. The molecule has 0 aliphatic heterocycles. The van der Waals surface area contributed by atoms with E-state index in [0.29, 0.717) is 0 Å². The molecule has 0 saturated carbocycles. The molecule has 0 spiro atoms. The Morgan fingerprint density at radius 2 is 1.83 bits per heavy atom. The molecule has 1 heterocycles. The SMILES string of the molecule is Cc1ccc(-c2cc(NCC(O)CO)c3ccccc3n2)cc1. The van der Waals surface area contributed by atoms with Crippen LogP contribution in [0, 0.1) is 6.92 Å². The summed E-state index contributed by atoms with van der Waals surface area (Å²) in [6.45, 7) is 2.08. The van der Waals surface area contributed by atoms with Crippen molar-refractivity contribution in [3.8, 4) is 11.3 Å². The van der Waals surface area contributed by atoms with Crippen molar-refractivity contribution in [2.75, 3.05) is 18.5 Å². The summed E-state index contributed by atoms with van der Waals surface area (Å²) in [6, 6.07) is 18.1. The number of nitrogens with zero attached hydrogens (tertiary/aromatic N) is 1. The molecule has 3 N–H and O–H groups in total. The molecule has 0 aliphatic rings. The number of anilines is 1. The van der Waals surface area contributed by atoms with E-state index in [9.17, 15) is 5.11 Å². The van der Waals surface area contributed by atoms with E-state index in [1.165, 1.54) is 5.56 Å². The van der Waals surface area contributed by atoms with Gasteiger partial charge in [-0.25, -0.2) is 4.98 Å². The molecule has 4 heteroatoms. The quantitative estimate of drug-likeness (QED) is 0.678. The van der Waals surface area contributed by atoms with Gasteiger partial charge in [-0.2, -0.15) is 0 Å². The largest absolute Gasteiger partial charge is 0.394 e. The van der Waals surface area contributed by atoms with Crippen molar-refractivity contribution < 1.29 is 10.2 Å². The van der Waals surface area contributed by atoms with E-state index in [1.54, 1.807) is 0 Å². The van der Waals surface area contributed by atoms with Crippen molar-refractivity contribution in [1.29, 1.82) is 0 Å². The zero-order chi connectivity index (χ0) is 16.2. The molecule has 0 bridgehead atoms. The molecule has 4 nitrogen and oxygen atoms in total. The molecule has 3 aromatic rings. The Hall–Kier alpha value is -2.43.